The molecule has 2 rings (SSSR count). The van der Waals surface area contributed by atoms with Gasteiger partial charge in [0.05, 0.1) is 16.4 Å². The van der Waals surface area contributed by atoms with E-state index in [1.165, 1.54) is 11.8 Å². The van der Waals surface area contributed by atoms with Crippen LogP contribution < -0.4 is 5.56 Å². The number of rotatable bonds is 8. The Kier molecular flexibility index (Phi) is 7.07. The number of amides is 1. The van der Waals surface area contributed by atoms with E-state index in [4.69, 9.17) is 0 Å². The van der Waals surface area contributed by atoms with E-state index in [2.05, 4.69) is 23.8 Å². The van der Waals surface area contributed by atoms with Crippen LogP contribution in [-0.2, 0) is 10.5 Å². The van der Waals surface area contributed by atoms with Crippen LogP contribution in [0.3, 0.4) is 0 Å². The Labute approximate surface area is 157 Å². The summed E-state index contributed by atoms with van der Waals surface area (Å²) < 4.78 is 0. The number of thiophene rings is 1. The van der Waals surface area contributed by atoms with Crippen molar-refractivity contribution in [3.63, 3.8) is 0 Å². The fourth-order valence-corrected chi connectivity index (χ4v) is 4.66. The van der Waals surface area contributed by atoms with Crippen LogP contribution in [0.4, 0.5) is 0 Å². The van der Waals surface area contributed by atoms with Gasteiger partial charge >= 0.3 is 0 Å². The van der Waals surface area contributed by atoms with Crippen molar-refractivity contribution in [2.24, 2.45) is 0 Å². The number of nitrogens with one attached hydrogen (secondary N) is 1. The summed E-state index contributed by atoms with van der Waals surface area (Å²) >= 11 is 3.08. The maximum atomic E-state index is 12.6. The van der Waals surface area contributed by atoms with E-state index in [9.17, 15) is 9.59 Å². The number of nitrogens with zero attached hydrogens (tertiary/aromatic N) is 2. The first kappa shape index (κ1) is 20.0. The summed E-state index contributed by atoms with van der Waals surface area (Å²) in [5.74, 6) is 1.33. The maximum absolute atomic E-state index is 12.6. The summed E-state index contributed by atoms with van der Waals surface area (Å²) in [6.45, 7) is 11.7. The average Bonchev–Trinajstić information content (AvgIpc) is 2.86. The van der Waals surface area contributed by atoms with Gasteiger partial charge < -0.3 is 9.88 Å². The second-order valence-corrected chi connectivity index (χ2v) is 8.79. The third kappa shape index (κ3) is 4.64. The molecule has 2 heterocycles. The lowest BCUT2D eigenvalue weighted by molar-refractivity contribution is -0.130. The van der Waals surface area contributed by atoms with Gasteiger partial charge in [0.1, 0.15) is 10.7 Å². The monoisotopic (exact) mass is 381 g/mol. The molecule has 0 saturated heterocycles. The molecule has 1 N–H and O–H groups in total. The maximum Gasteiger partial charge on any atom is 0.259 e. The van der Waals surface area contributed by atoms with Crippen LogP contribution in [-0.4, -0.2) is 39.1 Å². The van der Waals surface area contributed by atoms with E-state index in [-0.39, 0.29) is 16.7 Å². The first-order valence-corrected chi connectivity index (χ1v) is 10.6. The molecule has 2 aromatic rings. The SMILES string of the molecule is CCCN(CCC)C(=O)C(C)SCc1nc2sc(C)c(C)c2c(=O)[nH]1. The highest BCUT2D eigenvalue weighted by molar-refractivity contribution is 7.99. The number of aromatic nitrogens is 2. The standard InChI is InChI=1S/C18H27N3O2S2/c1-6-8-21(9-7-2)18(23)13(5)24-10-14-19-16(22)15-11(3)12(4)25-17(15)20-14/h13H,6-10H2,1-5H3,(H,19,20,22). The molecule has 138 valence electrons. The normalized spacial score (nSPS) is 12.5. The van der Waals surface area contributed by atoms with Crippen molar-refractivity contribution < 1.29 is 4.79 Å². The first-order chi connectivity index (χ1) is 11.9. The van der Waals surface area contributed by atoms with Gasteiger partial charge in [0.2, 0.25) is 5.91 Å². The van der Waals surface area contributed by atoms with Crippen molar-refractivity contribution in [2.75, 3.05) is 13.1 Å². The van der Waals surface area contributed by atoms with Crippen LogP contribution in [0.5, 0.6) is 0 Å². The molecule has 0 saturated carbocycles. The minimum atomic E-state index is -0.147. The van der Waals surface area contributed by atoms with Gasteiger partial charge in [-0.05, 0) is 39.2 Å². The van der Waals surface area contributed by atoms with Gasteiger partial charge in [0, 0.05) is 18.0 Å². The largest absolute Gasteiger partial charge is 0.342 e. The minimum Gasteiger partial charge on any atom is -0.342 e. The fraction of sp³-hybridized carbons (Fsp3) is 0.611. The zero-order valence-corrected chi connectivity index (χ0v) is 17.3. The molecule has 0 fully saturated rings. The zero-order valence-electron chi connectivity index (χ0n) is 15.6. The Bertz CT molecular complexity index is 791. The van der Waals surface area contributed by atoms with Crippen molar-refractivity contribution in [2.45, 2.75) is 58.5 Å². The Hall–Kier alpha value is -1.34. The number of aryl methyl sites for hydroxylation is 2. The predicted molar refractivity (Wildman–Crippen MR) is 108 cm³/mol. The summed E-state index contributed by atoms with van der Waals surface area (Å²) in [5.41, 5.74) is 0.922. The lowest BCUT2D eigenvalue weighted by atomic mass is 10.2. The molecule has 1 amide bonds. The molecule has 2 aromatic heterocycles. The van der Waals surface area contributed by atoms with E-state index in [0.29, 0.717) is 17.0 Å². The quantitative estimate of drug-likeness (QED) is 0.754. The van der Waals surface area contributed by atoms with Gasteiger partial charge in [-0.3, -0.25) is 9.59 Å². The highest BCUT2D eigenvalue weighted by atomic mass is 32.2. The van der Waals surface area contributed by atoms with Gasteiger partial charge in [-0.25, -0.2) is 4.98 Å². The number of aromatic amines is 1. The molecular formula is C18H27N3O2S2. The molecule has 0 aliphatic carbocycles. The van der Waals surface area contributed by atoms with Crippen LogP contribution in [0.25, 0.3) is 10.2 Å². The molecular weight excluding hydrogens is 354 g/mol. The van der Waals surface area contributed by atoms with E-state index >= 15 is 0 Å². The highest BCUT2D eigenvalue weighted by Gasteiger charge is 2.20. The highest BCUT2D eigenvalue weighted by Crippen LogP contribution is 2.26. The summed E-state index contributed by atoms with van der Waals surface area (Å²) in [5, 5.41) is 0.545. The number of carbonyl (C=O) groups excluding carboxylic acids is 1. The molecule has 1 unspecified atom stereocenters. The number of hydrogen-bond donors (Lipinski definition) is 1. The molecule has 0 bridgehead atoms. The number of fused-ring (bicyclic) bond motifs is 1. The second kappa shape index (κ2) is 8.85. The van der Waals surface area contributed by atoms with Crippen LogP contribution in [0, 0.1) is 13.8 Å². The van der Waals surface area contributed by atoms with Gasteiger partial charge in [-0.1, -0.05) is 13.8 Å². The molecule has 25 heavy (non-hydrogen) atoms. The summed E-state index contributed by atoms with van der Waals surface area (Å²) in [6, 6.07) is 0. The average molecular weight is 382 g/mol. The fourth-order valence-electron chi connectivity index (χ4n) is 2.77. The number of thioether (sulfide) groups is 1. The first-order valence-electron chi connectivity index (χ1n) is 8.78. The van der Waals surface area contributed by atoms with Gasteiger partial charge in [0.15, 0.2) is 0 Å². The number of H-pyrrole nitrogens is 1. The van der Waals surface area contributed by atoms with E-state index < -0.39 is 0 Å². The lowest BCUT2D eigenvalue weighted by Crippen LogP contribution is -2.37. The van der Waals surface area contributed by atoms with Gasteiger partial charge in [0.25, 0.3) is 5.56 Å². The summed E-state index contributed by atoms with van der Waals surface area (Å²) in [7, 11) is 0. The number of hydrogen-bond acceptors (Lipinski definition) is 5. The van der Waals surface area contributed by atoms with E-state index in [1.807, 2.05) is 25.7 Å². The van der Waals surface area contributed by atoms with Crippen molar-refractivity contribution in [3.8, 4) is 0 Å². The van der Waals surface area contributed by atoms with E-state index in [1.54, 1.807) is 11.3 Å². The molecule has 0 spiro atoms. The smallest absolute Gasteiger partial charge is 0.259 e. The Balaban J connectivity index is 2.08. The van der Waals surface area contributed by atoms with Crippen molar-refractivity contribution in [3.05, 3.63) is 26.6 Å². The Morgan fingerprint density at radius 3 is 2.52 bits per heavy atom. The van der Waals surface area contributed by atoms with E-state index in [0.717, 1.165) is 41.2 Å². The third-order valence-electron chi connectivity index (χ3n) is 4.20. The molecule has 5 nitrogen and oxygen atoms in total. The summed E-state index contributed by atoms with van der Waals surface area (Å²) in [6.07, 6.45) is 1.93. The van der Waals surface area contributed by atoms with Crippen molar-refractivity contribution in [1.29, 1.82) is 0 Å². The molecule has 7 heteroatoms. The van der Waals surface area contributed by atoms with Crippen LogP contribution in [0.1, 0.15) is 49.9 Å². The van der Waals surface area contributed by atoms with Crippen LogP contribution >= 0.6 is 23.1 Å². The Morgan fingerprint density at radius 1 is 1.28 bits per heavy atom. The molecule has 0 radical (unpaired) electrons. The number of carbonyl (C=O) groups is 1. The second-order valence-electron chi connectivity index (χ2n) is 6.25. The van der Waals surface area contributed by atoms with Crippen molar-refractivity contribution >= 4 is 39.2 Å². The topological polar surface area (TPSA) is 66.1 Å². The van der Waals surface area contributed by atoms with Crippen LogP contribution in [0.2, 0.25) is 0 Å². The Morgan fingerprint density at radius 2 is 1.92 bits per heavy atom. The minimum absolute atomic E-state index is 0.0833. The molecule has 0 aliphatic rings. The van der Waals surface area contributed by atoms with Crippen molar-refractivity contribution in [1.82, 2.24) is 14.9 Å². The predicted octanol–water partition coefficient (Wildman–Crippen LogP) is 3.87. The van der Waals surface area contributed by atoms with Gasteiger partial charge in [-0.15, -0.1) is 23.1 Å². The van der Waals surface area contributed by atoms with Gasteiger partial charge in [-0.2, -0.15) is 0 Å². The molecule has 0 aromatic carbocycles. The third-order valence-corrected chi connectivity index (χ3v) is 6.45. The molecule has 1 atom stereocenters. The molecule has 0 aliphatic heterocycles. The zero-order chi connectivity index (χ0) is 18.6. The van der Waals surface area contributed by atoms with Crippen LogP contribution in [0.15, 0.2) is 4.79 Å². The lowest BCUT2D eigenvalue weighted by Gasteiger charge is -2.24. The summed E-state index contributed by atoms with van der Waals surface area (Å²) in [4.78, 5) is 36.2.